The molecule has 1 aliphatic rings. The van der Waals surface area contributed by atoms with Crippen molar-refractivity contribution >= 4 is 11.6 Å². The van der Waals surface area contributed by atoms with E-state index in [-0.39, 0.29) is 11.7 Å². The van der Waals surface area contributed by atoms with E-state index in [9.17, 15) is 4.79 Å². The molecule has 162 valence electrons. The van der Waals surface area contributed by atoms with Crippen molar-refractivity contribution in [3.8, 4) is 5.69 Å². The summed E-state index contributed by atoms with van der Waals surface area (Å²) in [6, 6.07) is 16.4. The topological polar surface area (TPSA) is 72.3 Å². The number of nitrogens with zero attached hydrogens (tertiary/aromatic N) is 4. The fraction of sp³-hybridized carbons (Fsp3) is 0.375. The molecule has 3 aromatic rings. The Labute approximate surface area is 183 Å². The van der Waals surface area contributed by atoms with Gasteiger partial charge in [-0.05, 0) is 42.2 Å². The fourth-order valence-electron chi connectivity index (χ4n) is 3.79. The van der Waals surface area contributed by atoms with Crippen LogP contribution in [0.5, 0.6) is 0 Å². The Balaban J connectivity index is 1.42. The number of morpholine rings is 1. The van der Waals surface area contributed by atoms with Gasteiger partial charge < -0.3 is 15.0 Å². The van der Waals surface area contributed by atoms with Crippen molar-refractivity contribution in [1.29, 1.82) is 0 Å². The molecule has 0 unspecified atom stereocenters. The zero-order valence-corrected chi connectivity index (χ0v) is 18.3. The van der Waals surface area contributed by atoms with Gasteiger partial charge in [-0.2, -0.15) is 0 Å². The first-order valence-electron chi connectivity index (χ1n) is 10.8. The van der Waals surface area contributed by atoms with Gasteiger partial charge in [0.25, 0.3) is 5.91 Å². The molecule has 1 N–H and O–H groups in total. The summed E-state index contributed by atoms with van der Waals surface area (Å²) >= 11 is 0. The lowest BCUT2D eigenvalue weighted by Crippen LogP contribution is -2.36. The average molecular weight is 420 g/mol. The van der Waals surface area contributed by atoms with Crippen LogP contribution in [0.15, 0.2) is 48.5 Å². The van der Waals surface area contributed by atoms with Gasteiger partial charge in [-0.1, -0.05) is 44.2 Å². The third kappa shape index (κ3) is 4.77. The van der Waals surface area contributed by atoms with E-state index in [1.54, 1.807) is 4.68 Å². The molecule has 0 aliphatic carbocycles. The van der Waals surface area contributed by atoms with Crippen LogP contribution in [0.25, 0.3) is 5.69 Å². The van der Waals surface area contributed by atoms with E-state index in [4.69, 9.17) is 4.74 Å². The van der Waals surface area contributed by atoms with Crippen molar-refractivity contribution in [3.63, 3.8) is 0 Å². The first-order chi connectivity index (χ1) is 15.0. The van der Waals surface area contributed by atoms with Crippen molar-refractivity contribution in [3.05, 3.63) is 71.3 Å². The van der Waals surface area contributed by atoms with Crippen LogP contribution in [0, 0.1) is 6.92 Å². The van der Waals surface area contributed by atoms with E-state index in [2.05, 4.69) is 52.3 Å². The van der Waals surface area contributed by atoms with Crippen LogP contribution in [0.3, 0.4) is 0 Å². The first-order valence-corrected chi connectivity index (χ1v) is 10.8. The minimum Gasteiger partial charge on any atom is -0.378 e. The summed E-state index contributed by atoms with van der Waals surface area (Å²) in [5, 5.41) is 7.42. The Kier molecular flexibility index (Phi) is 6.32. The van der Waals surface area contributed by atoms with Crippen LogP contribution in [-0.4, -0.2) is 47.0 Å². The molecule has 2 heterocycles. The van der Waals surface area contributed by atoms with E-state index >= 15 is 0 Å². The second kappa shape index (κ2) is 9.31. The number of carbonyl (C=O) groups excluding carboxylic acids is 1. The molecular formula is C24H29N5O2. The third-order valence-electron chi connectivity index (χ3n) is 5.52. The second-order valence-electron chi connectivity index (χ2n) is 8.06. The van der Waals surface area contributed by atoms with Gasteiger partial charge in [0.15, 0.2) is 0 Å². The summed E-state index contributed by atoms with van der Waals surface area (Å²) in [6.45, 7) is 9.92. The number of nitrogens with one attached hydrogen (secondary N) is 1. The molecule has 0 atom stereocenters. The zero-order chi connectivity index (χ0) is 21.8. The van der Waals surface area contributed by atoms with Gasteiger partial charge in [0, 0.05) is 25.3 Å². The van der Waals surface area contributed by atoms with Gasteiger partial charge in [-0.25, -0.2) is 9.67 Å². The van der Waals surface area contributed by atoms with Gasteiger partial charge in [0.05, 0.1) is 18.9 Å². The molecule has 1 fully saturated rings. The van der Waals surface area contributed by atoms with Crippen molar-refractivity contribution in [2.24, 2.45) is 0 Å². The molecule has 1 aromatic heterocycles. The smallest absolute Gasteiger partial charge is 0.291 e. The number of para-hydroxylation sites is 1. The van der Waals surface area contributed by atoms with Crippen molar-refractivity contribution in [1.82, 2.24) is 20.1 Å². The zero-order valence-electron chi connectivity index (χ0n) is 18.3. The molecule has 0 bridgehead atoms. The maximum absolute atomic E-state index is 12.7. The summed E-state index contributed by atoms with van der Waals surface area (Å²) in [7, 11) is 0. The highest BCUT2D eigenvalue weighted by atomic mass is 16.5. The Morgan fingerprint density at radius 2 is 1.81 bits per heavy atom. The standard InChI is InChI=1S/C24H29N5O2/c1-17(2)21-6-4-5-7-22(21)29-18(3)26-23(27-29)24(30)25-16-19-8-10-20(11-9-19)28-12-14-31-15-13-28/h4-11,17H,12-16H2,1-3H3,(H,25,30). The minimum atomic E-state index is -0.277. The van der Waals surface area contributed by atoms with Gasteiger partial charge in [-0.3, -0.25) is 4.79 Å². The minimum absolute atomic E-state index is 0.181. The summed E-state index contributed by atoms with van der Waals surface area (Å²) in [6.07, 6.45) is 0. The first kappa shape index (κ1) is 21.1. The van der Waals surface area contributed by atoms with Crippen LogP contribution in [0.4, 0.5) is 5.69 Å². The number of aromatic nitrogens is 3. The van der Waals surface area contributed by atoms with E-state index in [1.807, 2.05) is 37.3 Å². The van der Waals surface area contributed by atoms with Gasteiger partial charge in [0.2, 0.25) is 5.82 Å². The number of ether oxygens (including phenoxy) is 1. The third-order valence-corrected chi connectivity index (χ3v) is 5.52. The number of carbonyl (C=O) groups is 1. The van der Waals surface area contributed by atoms with Crippen LogP contribution in [-0.2, 0) is 11.3 Å². The monoisotopic (exact) mass is 419 g/mol. The summed E-state index contributed by atoms with van der Waals surface area (Å²) < 4.78 is 7.16. The summed E-state index contributed by atoms with van der Waals surface area (Å²) in [4.78, 5) is 19.4. The summed E-state index contributed by atoms with van der Waals surface area (Å²) in [5.41, 5.74) is 4.34. The van der Waals surface area contributed by atoms with Crippen LogP contribution < -0.4 is 10.2 Å². The number of rotatable bonds is 6. The van der Waals surface area contributed by atoms with Crippen molar-refractivity contribution in [2.45, 2.75) is 33.2 Å². The van der Waals surface area contributed by atoms with Crippen molar-refractivity contribution < 1.29 is 9.53 Å². The van der Waals surface area contributed by atoms with Crippen LogP contribution in [0.1, 0.15) is 47.3 Å². The van der Waals surface area contributed by atoms with Gasteiger partial charge in [-0.15, -0.1) is 5.10 Å². The highest BCUT2D eigenvalue weighted by Crippen LogP contribution is 2.23. The number of aryl methyl sites for hydroxylation is 1. The average Bonchev–Trinajstić information content (AvgIpc) is 3.20. The molecule has 1 aliphatic heterocycles. The van der Waals surface area contributed by atoms with Crippen molar-refractivity contribution in [2.75, 3.05) is 31.2 Å². The fourth-order valence-corrected chi connectivity index (χ4v) is 3.79. The lowest BCUT2D eigenvalue weighted by Gasteiger charge is -2.28. The normalized spacial score (nSPS) is 14.1. The molecule has 0 spiro atoms. The van der Waals surface area contributed by atoms with E-state index in [0.717, 1.165) is 37.6 Å². The largest absolute Gasteiger partial charge is 0.378 e. The van der Waals surface area contributed by atoms with Gasteiger partial charge >= 0.3 is 0 Å². The maximum Gasteiger partial charge on any atom is 0.291 e. The lowest BCUT2D eigenvalue weighted by atomic mass is 10.0. The molecule has 7 nitrogen and oxygen atoms in total. The predicted octanol–water partition coefficient (Wildman–Crippen LogP) is 3.47. The van der Waals surface area contributed by atoms with E-state index in [0.29, 0.717) is 18.3 Å². The van der Waals surface area contributed by atoms with E-state index < -0.39 is 0 Å². The number of anilines is 1. The lowest BCUT2D eigenvalue weighted by molar-refractivity contribution is 0.0940. The SMILES string of the molecule is Cc1nc(C(=O)NCc2ccc(N3CCOCC3)cc2)nn1-c1ccccc1C(C)C. The molecule has 0 saturated carbocycles. The number of amides is 1. The Morgan fingerprint density at radius 3 is 2.52 bits per heavy atom. The summed E-state index contributed by atoms with van der Waals surface area (Å²) in [5.74, 6) is 0.938. The molecule has 0 radical (unpaired) electrons. The molecule has 4 rings (SSSR count). The van der Waals surface area contributed by atoms with E-state index in [1.165, 1.54) is 11.3 Å². The molecule has 2 aromatic carbocycles. The Morgan fingerprint density at radius 1 is 1.10 bits per heavy atom. The van der Waals surface area contributed by atoms with Gasteiger partial charge in [0.1, 0.15) is 5.82 Å². The molecule has 1 saturated heterocycles. The highest BCUT2D eigenvalue weighted by molar-refractivity contribution is 5.90. The molecule has 7 heteroatoms. The quantitative estimate of drug-likeness (QED) is 0.662. The molecular weight excluding hydrogens is 390 g/mol. The Hall–Kier alpha value is -3.19. The number of benzene rings is 2. The molecule has 31 heavy (non-hydrogen) atoms. The maximum atomic E-state index is 12.7. The number of hydrogen-bond acceptors (Lipinski definition) is 5. The van der Waals surface area contributed by atoms with Crippen LogP contribution in [0.2, 0.25) is 0 Å². The second-order valence-corrected chi connectivity index (χ2v) is 8.06. The predicted molar refractivity (Wildman–Crippen MR) is 121 cm³/mol. The van der Waals surface area contributed by atoms with Crippen LogP contribution >= 0.6 is 0 Å². The number of hydrogen-bond donors (Lipinski definition) is 1. The molecule has 1 amide bonds. The highest BCUT2D eigenvalue weighted by Gasteiger charge is 2.17. The Bertz CT molecular complexity index is 1040.